The number of ether oxygens (including phenoxy) is 2. The normalized spacial score (nSPS) is 9.81. The minimum absolute atomic E-state index is 0.227. The van der Waals surface area contributed by atoms with Crippen LogP contribution in [0.4, 0.5) is 0 Å². The number of rotatable bonds is 5. The molecule has 0 aliphatic rings. The fourth-order valence-corrected chi connectivity index (χ4v) is 2.45. The lowest BCUT2D eigenvalue weighted by atomic mass is 10.3. The van der Waals surface area contributed by atoms with Crippen LogP contribution in [0.2, 0.25) is 0 Å². The lowest BCUT2D eigenvalue weighted by Gasteiger charge is -2.04. The zero-order valence-electron chi connectivity index (χ0n) is 11.4. The molecular weight excluding hydrogens is 294 g/mol. The topological polar surface area (TPSA) is 73.9 Å². The van der Waals surface area contributed by atoms with Gasteiger partial charge in [-0.05, 0) is 12.1 Å². The third kappa shape index (κ3) is 3.51. The van der Waals surface area contributed by atoms with Crippen LogP contribution in [0.25, 0.3) is 0 Å². The van der Waals surface area contributed by atoms with Crippen LogP contribution < -0.4 is 15.1 Å². The number of esters is 1. The molecule has 2 rings (SSSR count). The molecule has 0 spiro atoms. The van der Waals surface area contributed by atoms with Gasteiger partial charge in [-0.2, -0.15) is 5.48 Å². The molecule has 1 aromatic heterocycles. The number of para-hydroxylation sites is 1. The van der Waals surface area contributed by atoms with Crippen molar-refractivity contribution in [2.24, 2.45) is 0 Å². The highest BCUT2D eigenvalue weighted by Gasteiger charge is 2.21. The molecule has 2 aromatic rings. The van der Waals surface area contributed by atoms with Crippen LogP contribution in [-0.2, 0) is 4.74 Å². The molecule has 1 heterocycles. The third-order valence-electron chi connectivity index (χ3n) is 2.52. The summed E-state index contributed by atoms with van der Waals surface area (Å²) in [6, 6.07) is 10.3. The number of benzene rings is 1. The Hall–Kier alpha value is -2.54. The summed E-state index contributed by atoms with van der Waals surface area (Å²) in [5.41, 5.74) is 2.30. The van der Waals surface area contributed by atoms with E-state index in [9.17, 15) is 9.59 Å². The second-order valence-electron chi connectivity index (χ2n) is 3.85. The van der Waals surface area contributed by atoms with Crippen LogP contribution in [0.1, 0.15) is 19.3 Å². The van der Waals surface area contributed by atoms with Crippen molar-refractivity contribution < 1.29 is 23.9 Å². The largest absolute Gasteiger partial charge is 0.495 e. The minimum Gasteiger partial charge on any atom is -0.495 e. The molecule has 1 amide bonds. The molecule has 0 fully saturated rings. The molecule has 21 heavy (non-hydrogen) atoms. The molecule has 0 radical (unpaired) electrons. The van der Waals surface area contributed by atoms with Crippen molar-refractivity contribution >= 4 is 23.2 Å². The maximum Gasteiger partial charge on any atom is 0.351 e. The molecule has 110 valence electrons. The number of hydrogen-bond donors (Lipinski definition) is 1. The number of hydrogen-bond acceptors (Lipinski definition) is 6. The zero-order chi connectivity index (χ0) is 15.2. The van der Waals surface area contributed by atoms with Crippen LogP contribution >= 0.6 is 11.3 Å². The van der Waals surface area contributed by atoms with Gasteiger partial charge in [-0.15, -0.1) is 11.3 Å². The lowest BCUT2D eigenvalue weighted by molar-refractivity contribution is 0.0603. The molecule has 6 nitrogen and oxygen atoms in total. The molecule has 0 atom stereocenters. The summed E-state index contributed by atoms with van der Waals surface area (Å²) in [6.45, 7) is 0. The molecular formula is C14H13NO5S. The van der Waals surface area contributed by atoms with Gasteiger partial charge in [-0.3, -0.25) is 4.79 Å². The third-order valence-corrected chi connectivity index (χ3v) is 3.61. The van der Waals surface area contributed by atoms with Crippen LogP contribution in [-0.4, -0.2) is 26.1 Å². The SMILES string of the molecule is COC(=O)c1sc(C(=O)NOc2ccccc2)cc1OC. The van der Waals surface area contributed by atoms with Gasteiger partial charge in [0.15, 0.2) is 10.6 Å². The van der Waals surface area contributed by atoms with Crippen molar-refractivity contribution in [2.75, 3.05) is 14.2 Å². The highest BCUT2D eigenvalue weighted by Crippen LogP contribution is 2.29. The van der Waals surface area contributed by atoms with Gasteiger partial charge in [0.25, 0.3) is 5.91 Å². The van der Waals surface area contributed by atoms with Gasteiger partial charge in [-0.25, -0.2) is 4.79 Å². The maximum atomic E-state index is 12.0. The van der Waals surface area contributed by atoms with Crippen LogP contribution in [0.5, 0.6) is 11.5 Å². The number of carbonyl (C=O) groups excluding carboxylic acids is 2. The Morgan fingerprint density at radius 3 is 2.48 bits per heavy atom. The Morgan fingerprint density at radius 1 is 1.14 bits per heavy atom. The van der Waals surface area contributed by atoms with Gasteiger partial charge in [0.2, 0.25) is 0 Å². The number of amides is 1. The van der Waals surface area contributed by atoms with Gasteiger partial charge >= 0.3 is 5.97 Å². The number of hydroxylamine groups is 1. The predicted molar refractivity (Wildman–Crippen MR) is 76.7 cm³/mol. The minimum atomic E-state index is -0.556. The highest BCUT2D eigenvalue weighted by atomic mass is 32.1. The second kappa shape index (κ2) is 6.76. The summed E-state index contributed by atoms with van der Waals surface area (Å²) >= 11 is 0.968. The van der Waals surface area contributed by atoms with Crippen LogP contribution in [0, 0.1) is 0 Å². The van der Waals surface area contributed by atoms with Crippen LogP contribution in [0.15, 0.2) is 36.4 Å². The summed E-state index contributed by atoms with van der Waals surface area (Å²) in [7, 11) is 2.68. The van der Waals surface area contributed by atoms with Crippen molar-refractivity contribution in [3.8, 4) is 11.5 Å². The van der Waals surface area contributed by atoms with E-state index < -0.39 is 11.9 Å². The standard InChI is InChI=1S/C14H13NO5S/c1-18-10-8-11(21-12(10)14(17)19-2)13(16)15-20-9-6-4-3-5-7-9/h3-8H,1-2H3,(H,15,16). The van der Waals surface area contributed by atoms with E-state index in [4.69, 9.17) is 9.57 Å². The van der Waals surface area contributed by atoms with Gasteiger partial charge in [0, 0.05) is 6.07 Å². The smallest absolute Gasteiger partial charge is 0.351 e. The maximum absolute atomic E-state index is 12.0. The number of methoxy groups -OCH3 is 2. The molecule has 1 N–H and O–H groups in total. The van der Waals surface area contributed by atoms with Crippen LogP contribution in [0.3, 0.4) is 0 Å². The van der Waals surface area contributed by atoms with E-state index in [1.807, 2.05) is 6.07 Å². The Kier molecular flexibility index (Phi) is 4.78. The highest BCUT2D eigenvalue weighted by molar-refractivity contribution is 7.16. The van der Waals surface area contributed by atoms with E-state index in [1.54, 1.807) is 24.3 Å². The molecule has 0 saturated heterocycles. The molecule has 0 aliphatic heterocycles. The van der Waals surface area contributed by atoms with Gasteiger partial charge in [0.05, 0.1) is 19.1 Å². The first-order chi connectivity index (χ1) is 10.2. The van der Waals surface area contributed by atoms with E-state index in [0.717, 1.165) is 11.3 Å². The van der Waals surface area contributed by atoms with Crippen molar-refractivity contribution in [3.63, 3.8) is 0 Å². The number of thiophene rings is 1. The van der Waals surface area contributed by atoms with E-state index in [2.05, 4.69) is 10.2 Å². The zero-order valence-corrected chi connectivity index (χ0v) is 12.2. The average molecular weight is 307 g/mol. The summed E-state index contributed by atoms with van der Waals surface area (Å²) in [6.07, 6.45) is 0. The summed E-state index contributed by atoms with van der Waals surface area (Å²) in [5.74, 6) is -0.239. The molecule has 0 unspecified atom stereocenters. The fourth-order valence-electron chi connectivity index (χ4n) is 1.52. The molecule has 0 bridgehead atoms. The predicted octanol–water partition coefficient (Wildman–Crippen LogP) is 2.27. The van der Waals surface area contributed by atoms with E-state index in [-0.39, 0.29) is 15.5 Å². The average Bonchev–Trinajstić information content (AvgIpc) is 2.97. The molecule has 1 aromatic carbocycles. The lowest BCUT2D eigenvalue weighted by Crippen LogP contribution is -2.26. The Balaban J connectivity index is 2.09. The van der Waals surface area contributed by atoms with Gasteiger partial charge in [-0.1, -0.05) is 18.2 Å². The Morgan fingerprint density at radius 2 is 1.86 bits per heavy atom. The van der Waals surface area contributed by atoms with E-state index in [0.29, 0.717) is 5.75 Å². The first-order valence-electron chi connectivity index (χ1n) is 5.94. The molecule has 0 aliphatic carbocycles. The van der Waals surface area contributed by atoms with E-state index in [1.165, 1.54) is 20.3 Å². The summed E-state index contributed by atoms with van der Waals surface area (Å²) < 4.78 is 9.68. The monoisotopic (exact) mass is 307 g/mol. The van der Waals surface area contributed by atoms with Crippen molar-refractivity contribution in [3.05, 3.63) is 46.2 Å². The summed E-state index contributed by atoms with van der Waals surface area (Å²) in [4.78, 5) is 29.2. The van der Waals surface area contributed by atoms with Gasteiger partial charge in [0.1, 0.15) is 5.75 Å². The Labute approximate surface area is 125 Å². The van der Waals surface area contributed by atoms with Crippen molar-refractivity contribution in [1.82, 2.24) is 5.48 Å². The first-order valence-corrected chi connectivity index (χ1v) is 6.75. The molecule has 7 heteroatoms. The Bertz CT molecular complexity index is 638. The quantitative estimate of drug-likeness (QED) is 0.677. The van der Waals surface area contributed by atoms with Crippen molar-refractivity contribution in [2.45, 2.75) is 0 Å². The number of nitrogens with one attached hydrogen (secondary N) is 1. The molecule has 0 saturated carbocycles. The van der Waals surface area contributed by atoms with Crippen molar-refractivity contribution in [1.29, 1.82) is 0 Å². The summed E-state index contributed by atoms with van der Waals surface area (Å²) in [5, 5.41) is 0. The second-order valence-corrected chi connectivity index (χ2v) is 4.90. The fraction of sp³-hybridized carbons (Fsp3) is 0.143. The van der Waals surface area contributed by atoms with Gasteiger partial charge < -0.3 is 14.3 Å². The van der Waals surface area contributed by atoms with E-state index >= 15 is 0 Å². The first kappa shape index (κ1) is 14.9. The number of carbonyl (C=O) groups is 2.